The van der Waals surface area contributed by atoms with E-state index in [-0.39, 0.29) is 71.5 Å². The van der Waals surface area contributed by atoms with Crippen LogP contribution in [0.5, 0.6) is 0 Å². The Morgan fingerprint density at radius 3 is 0.969 bits per heavy atom. The Hall–Kier alpha value is -13.8. The van der Waals surface area contributed by atoms with Crippen molar-refractivity contribution in [3.8, 4) is 45.0 Å². The van der Waals surface area contributed by atoms with Gasteiger partial charge in [-0.15, -0.1) is 0 Å². The van der Waals surface area contributed by atoms with Crippen LogP contribution in [0.15, 0.2) is 292 Å². The van der Waals surface area contributed by atoms with Crippen LogP contribution in [0.1, 0.15) is 101 Å². The molecule has 1 saturated heterocycles. The smallest absolute Gasteiger partial charge is 0.257 e. The Labute approximate surface area is 796 Å². The largest absolute Gasteiger partial charge is 0.352 e. The van der Waals surface area contributed by atoms with Crippen molar-refractivity contribution < 1.29 is 38.4 Å². The first kappa shape index (κ1) is 94.8. The van der Waals surface area contributed by atoms with E-state index in [1.165, 1.54) is 60.8 Å². The predicted molar refractivity (Wildman–Crippen MR) is 520 cm³/mol. The summed E-state index contributed by atoms with van der Waals surface area (Å²) < 4.78 is 1.57. The Morgan fingerprint density at radius 1 is 0.328 bits per heavy atom. The Bertz CT molecular complexity index is 6710. The molecule has 0 spiro atoms. The number of hydrogen-bond donors (Lipinski definition) is 9. The van der Waals surface area contributed by atoms with Crippen LogP contribution in [-0.4, -0.2) is 107 Å². The lowest BCUT2D eigenvalue weighted by molar-refractivity contribution is 0.0940. The molecule has 9 N–H and O–H groups in total. The SMILES string of the molecule is Cc1cc(NC(=O)c2ccc(C(=O)Nc3ccc(Cl)c(-c4ccccn4)c3)c(Cl)c2)n(C)n1.O=C(NCC1CCNCC1)c1ccc(C(=O)Nc2ccc(Cl)c(-c3ccccn3)c2)c(Cl)c1.O=C(Nc1ccc(Cl)nc1)c1ccc(C(=O)Nc2ccc(Cl)c(-c3ccccn3)c2)c(Cl)c1.O=C(Nc1ccccn1)c1ccc(C(=O)Nc2ccc(Cl)c(-c3ccccn3)c2)c(Cl)c1. The number of anilines is 7. The van der Waals surface area contributed by atoms with Gasteiger partial charge in [-0.2, -0.15) is 5.10 Å². The van der Waals surface area contributed by atoms with Crippen molar-refractivity contribution in [2.24, 2.45) is 13.0 Å². The third-order valence-corrected chi connectivity index (χ3v) is 22.5. The number of nitrogens with one attached hydrogen (secondary N) is 9. The van der Waals surface area contributed by atoms with E-state index in [4.69, 9.17) is 104 Å². The van der Waals surface area contributed by atoms with Crippen LogP contribution >= 0.6 is 104 Å². The molecule has 1 aliphatic rings. The Kier molecular flexibility index (Phi) is 32.9. The summed E-state index contributed by atoms with van der Waals surface area (Å²) in [4.78, 5) is 126. The zero-order valence-electron chi connectivity index (χ0n) is 69.1. The fourth-order valence-electron chi connectivity index (χ4n) is 13.1. The van der Waals surface area contributed by atoms with Crippen LogP contribution in [0.4, 0.5) is 40.1 Å². The molecule has 0 bridgehead atoms. The highest BCUT2D eigenvalue weighted by atomic mass is 35.5. The fraction of sp³-hybridized carbons (Fsp3) is 0.0825. The average molecular weight is 1920 g/mol. The highest BCUT2D eigenvalue weighted by Gasteiger charge is 2.24. The van der Waals surface area contributed by atoms with Gasteiger partial charge in [-0.05, 0) is 257 Å². The fourth-order valence-corrected chi connectivity index (χ4v) is 15.1. The molecule has 658 valence electrons. The number of pyridine rings is 6. The maximum absolute atomic E-state index is 12.8. The second kappa shape index (κ2) is 45.4. The van der Waals surface area contributed by atoms with Gasteiger partial charge >= 0.3 is 0 Å². The van der Waals surface area contributed by atoms with E-state index in [0.29, 0.717) is 139 Å². The van der Waals surface area contributed by atoms with Gasteiger partial charge in [0.05, 0.1) is 103 Å². The Morgan fingerprint density at radius 2 is 0.656 bits per heavy atom. The molecule has 0 radical (unpaired) electrons. The van der Waals surface area contributed by atoms with Gasteiger partial charge in [0, 0.05) is 118 Å². The van der Waals surface area contributed by atoms with Crippen molar-refractivity contribution in [1.82, 2.24) is 50.3 Å². The van der Waals surface area contributed by atoms with Gasteiger partial charge in [0.1, 0.15) is 16.8 Å². The van der Waals surface area contributed by atoms with Crippen molar-refractivity contribution in [2.45, 2.75) is 19.8 Å². The van der Waals surface area contributed by atoms with Crippen LogP contribution in [0.3, 0.4) is 0 Å². The molecule has 25 nitrogen and oxygen atoms in total. The molecular weight excluding hydrogens is 1850 g/mol. The number of piperidine rings is 1. The predicted octanol–water partition coefficient (Wildman–Crippen LogP) is 23.2. The van der Waals surface area contributed by atoms with Crippen LogP contribution in [0.25, 0.3) is 45.0 Å². The van der Waals surface area contributed by atoms with E-state index in [1.54, 1.807) is 176 Å². The first-order chi connectivity index (χ1) is 63.2. The van der Waals surface area contributed by atoms with E-state index < -0.39 is 23.6 Å². The first-order valence-corrected chi connectivity index (χ1v) is 43.4. The number of aryl methyl sites for hydroxylation is 2. The number of halogens is 9. The molecule has 0 atom stereocenters. The third kappa shape index (κ3) is 26.0. The van der Waals surface area contributed by atoms with Crippen LogP contribution in [0, 0.1) is 12.8 Å². The molecule has 0 aliphatic carbocycles. The monoisotopic (exact) mass is 1920 g/mol. The molecule has 8 aromatic carbocycles. The zero-order chi connectivity index (χ0) is 92.6. The quantitative estimate of drug-likeness (QED) is 0.0302. The topological polar surface area (TPSA) is 340 Å². The lowest BCUT2D eigenvalue weighted by Crippen LogP contribution is -2.36. The van der Waals surface area contributed by atoms with E-state index >= 15 is 0 Å². The maximum atomic E-state index is 12.8. The standard InChI is InChI=1S/C25H24Cl2N4O2.C24H15Cl3N4O2.C24H19Cl2N5O2.C24H16Cl2N4O2/c26-21-7-5-18(14-20(21)23-3-1-2-10-29-23)31-25(33)19-6-4-17(13-22(19)27)24(32)30-15-16-8-11-28-12-9-16;25-19-8-5-15(12-18(19)21-3-1-2-10-28-21)30-24(33)17-7-4-14(11-20(17)26)23(32)31-16-6-9-22(27)29-13-16;1-14-11-22(31(2)30-14)29-23(32)15-6-8-17(20(26)12-15)24(33)28-16-7-9-19(25)18(13-16)21-5-3-4-10-27-21;25-19-10-8-16(14-18(19)21-5-1-3-11-27-21)29-24(32)17-9-7-15(13-20(17)26)23(31)30-22-6-2-4-12-28-22/h1-7,10,13-14,16,28H,8-9,11-12,15H2,(H,30,32)(H,31,33);1-13H,(H,30,33)(H,31,32);3-13H,1-2H3,(H,28,33)(H,29,32);1-14H,(H,29,32)(H,28,30,31). The summed E-state index contributed by atoms with van der Waals surface area (Å²) in [6, 6.07) is 70.8. The number of carbonyl (C=O) groups excluding carboxylic acids is 8. The summed E-state index contributed by atoms with van der Waals surface area (Å²) in [7, 11) is 1.74. The summed E-state index contributed by atoms with van der Waals surface area (Å²) in [6.07, 6.45) is 11.8. The number of rotatable bonds is 21. The van der Waals surface area contributed by atoms with Gasteiger partial charge in [0.2, 0.25) is 0 Å². The molecular formula is C97H74Cl9N17O8. The van der Waals surface area contributed by atoms with Gasteiger partial charge in [-0.1, -0.05) is 135 Å². The number of amides is 8. The van der Waals surface area contributed by atoms with E-state index in [0.717, 1.165) is 31.6 Å². The minimum atomic E-state index is -0.428. The van der Waals surface area contributed by atoms with Gasteiger partial charge in [-0.3, -0.25) is 63.0 Å². The van der Waals surface area contributed by atoms with Crippen LogP contribution < -0.4 is 47.9 Å². The molecule has 8 heterocycles. The summed E-state index contributed by atoms with van der Waals surface area (Å²) in [6.45, 7) is 4.43. The highest BCUT2D eigenvalue weighted by Crippen LogP contribution is 2.36. The van der Waals surface area contributed by atoms with Gasteiger partial charge < -0.3 is 47.9 Å². The second-order valence-corrected chi connectivity index (χ2v) is 32.5. The maximum Gasteiger partial charge on any atom is 0.257 e. The van der Waals surface area contributed by atoms with Crippen LogP contribution in [0.2, 0.25) is 45.3 Å². The molecule has 15 aromatic rings. The van der Waals surface area contributed by atoms with Crippen molar-refractivity contribution in [3.63, 3.8) is 0 Å². The van der Waals surface area contributed by atoms with Crippen molar-refractivity contribution in [1.29, 1.82) is 0 Å². The summed E-state index contributed by atoms with van der Waals surface area (Å²) in [5.41, 5.74) is 11.3. The molecule has 0 unspecified atom stereocenters. The normalized spacial score (nSPS) is 11.4. The molecule has 1 aliphatic heterocycles. The average Bonchev–Trinajstić information content (AvgIpc) is 1.45. The molecule has 1 fully saturated rings. The van der Waals surface area contributed by atoms with E-state index in [9.17, 15) is 38.4 Å². The van der Waals surface area contributed by atoms with E-state index in [2.05, 4.69) is 82.9 Å². The third-order valence-electron chi connectivity index (χ3n) is 19.7. The summed E-state index contributed by atoms with van der Waals surface area (Å²) in [5, 5.41) is 32.9. The Balaban J connectivity index is 0.000000149. The zero-order valence-corrected chi connectivity index (χ0v) is 75.9. The number of aromatic nitrogens is 8. The highest BCUT2D eigenvalue weighted by molar-refractivity contribution is 6.38. The number of carbonyl (C=O) groups is 8. The summed E-state index contributed by atoms with van der Waals surface area (Å²) >= 11 is 56.3. The summed E-state index contributed by atoms with van der Waals surface area (Å²) in [5.74, 6) is -1.51. The van der Waals surface area contributed by atoms with Crippen molar-refractivity contribution in [2.75, 3.05) is 56.9 Å². The molecule has 7 aromatic heterocycles. The van der Waals surface area contributed by atoms with Gasteiger partial charge in [0.15, 0.2) is 0 Å². The number of hydrogen-bond acceptors (Lipinski definition) is 16. The molecule has 8 amide bonds. The van der Waals surface area contributed by atoms with Crippen molar-refractivity contribution >= 4 is 192 Å². The minimum absolute atomic E-state index is 0.133. The number of nitrogens with zero attached hydrogens (tertiary/aromatic N) is 8. The molecule has 16 rings (SSSR count). The number of benzene rings is 8. The van der Waals surface area contributed by atoms with Gasteiger partial charge in [0.25, 0.3) is 47.3 Å². The van der Waals surface area contributed by atoms with Crippen molar-refractivity contribution in [3.05, 3.63) is 388 Å². The van der Waals surface area contributed by atoms with Crippen LogP contribution in [-0.2, 0) is 7.05 Å². The molecule has 131 heavy (non-hydrogen) atoms. The lowest BCUT2D eigenvalue weighted by Gasteiger charge is -2.22. The van der Waals surface area contributed by atoms with Gasteiger partial charge in [-0.25, -0.2) is 9.97 Å². The molecule has 0 saturated carbocycles. The second-order valence-electron chi connectivity index (χ2n) is 28.9. The van der Waals surface area contributed by atoms with E-state index in [1.807, 2.05) is 73.7 Å². The first-order valence-electron chi connectivity index (χ1n) is 40.0. The lowest BCUT2D eigenvalue weighted by atomic mass is 9.98. The minimum Gasteiger partial charge on any atom is -0.352 e. The molecule has 34 heteroatoms.